The summed E-state index contributed by atoms with van der Waals surface area (Å²) in [5.41, 5.74) is 4.62. The van der Waals surface area contributed by atoms with Crippen LogP contribution in [-0.2, 0) is 0 Å². The van der Waals surface area contributed by atoms with Gasteiger partial charge in [0.15, 0.2) is 5.65 Å². The van der Waals surface area contributed by atoms with Gasteiger partial charge in [0.05, 0.1) is 11.9 Å². The Bertz CT molecular complexity index is 395. The summed E-state index contributed by atoms with van der Waals surface area (Å²) in [6.07, 6.45) is 1.87. The molecule has 58 valence electrons. The minimum absolute atomic E-state index is 1.04. The van der Waals surface area contributed by atoms with Crippen LogP contribution in [0.5, 0.6) is 0 Å². The molecule has 0 unspecified atom stereocenters. The smallest absolute Gasteiger partial charge is 0.156 e. The fourth-order valence-electron chi connectivity index (χ4n) is 1.26. The highest BCUT2D eigenvalue weighted by molar-refractivity contribution is 5.49. The zero-order valence-electron chi connectivity index (χ0n) is 6.97. The van der Waals surface area contributed by atoms with E-state index in [1.54, 1.807) is 0 Å². The SMILES string of the molecule is Cc1[nH]n2c(C)cnc2c1C. The number of rotatable bonds is 0. The summed E-state index contributed by atoms with van der Waals surface area (Å²) in [6, 6.07) is 0. The van der Waals surface area contributed by atoms with E-state index in [0.29, 0.717) is 0 Å². The molecular weight excluding hydrogens is 138 g/mol. The largest absolute Gasteiger partial charge is 0.297 e. The van der Waals surface area contributed by atoms with Crippen LogP contribution in [0.25, 0.3) is 5.65 Å². The Morgan fingerprint density at radius 1 is 1.36 bits per heavy atom. The summed E-state index contributed by atoms with van der Waals surface area (Å²) in [7, 11) is 0. The van der Waals surface area contributed by atoms with Gasteiger partial charge in [-0.15, -0.1) is 0 Å². The summed E-state index contributed by atoms with van der Waals surface area (Å²) in [4.78, 5) is 4.27. The quantitative estimate of drug-likeness (QED) is 0.606. The molecule has 0 amide bonds. The summed E-state index contributed by atoms with van der Waals surface area (Å²) in [5, 5.41) is 3.23. The highest BCUT2D eigenvalue weighted by atomic mass is 15.3. The minimum Gasteiger partial charge on any atom is -0.297 e. The molecule has 11 heavy (non-hydrogen) atoms. The van der Waals surface area contributed by atoms with Crippen LogP contribution in [0.4, 0.5) is 0 Å². The van der Waals surface area contributed by atoms with Crippen molar-refractivity contribution in [1.29, 1.82) is 0 Å². The molecule has 0 radical (unpaired) electrons. The monoisotopic (exact) mass is 149 g/mol. The minimum atomic E-state index is 1.04. The van der Waals surface area contributed by atoms with E-state index in [1.165, 1.54) is 11.3 Å². The van der Waals surface area contributed by atoms with E-state index < -0.39 is 0 Å². The van der Waals surface area contributed by atoms with Crippen molar-refractivity contribution in [3.05, 3.63) is 23.1 Å². The molecule has 2 rings (SSSR count). The van der Waals surface area contributed by atoms with E-state index in [9.17, 15) is 0 Å². The van der Waals surface area contributed by atoms with Gasteiger partial charge < -0.3 is 0 Å². The second kappa shape index (κ2) is 1.87. The van der Waals surface area contributed by atoms with Crippen LogP contribution >= 0.6 is 0 Å². The van der Waals surface area contributed by atoms with Crippen molar-refractivity contribution in [2.45, 2.75) is 20.8 Å². The van der Waals surface area contributed by atoms with Crippen molar-refractivity contribution in [2.24, 2.45) is 0 Å². The zero-order chi connectivity index (χ0) is 8.01. The van der Waals surface area contributed by atoms with Gasteiger partial charge in [0.1, 0.15) is 0 Å². The zero-order valence-corrected chi connectivity index (χ0v) is 6.97. The normalized spacial score (nSPS) is 11.2. The lowest BCUT2D eigenvalue weighted by Crippen LogP contribution is -1.85. The van der Waals surface area contributed by atoms with Crippen LogP contribution in [0.15, 0.2) is 6.20 Å². The molecule has 2 aromatic rings. The highest BCUT2D eigenvalue weighted by Crippen LogP contribution is 2.13. The van der Waals surface area contributed by atoms with Gasteiger partial charge in [0.25, 0.3) is 0 Å². The Morgan fingerprint density at radius 2 is 2.09 bits per heavy atom. The summed E-state index contributed by atoms with van der Waals surface area (Å²) < 4.78 is 2.00. The Labute approximate surface area is 65.0 Å². The summed E-state index contributed by atoms with van der Waals surface area (Å²) >= 11 is 0. The lowest BCUT2D eigenvalue weighted by Gasteiger charge is -1.86. The molecule has 0 aliphatic heterocycles. The standard InChI is InChI=1S/C8H11N3/c1-5-4-9-8-6(2)7(3)10-11(5)8/h4,10H,1-3H3. The molecule has 2 aromatic heterocycles. The third-order valence-corrected chi connectivity index (χ3v) is 2.12. The van der Waals surface area contributed by atoms with Crippen molar-refractivity contribution in [1.82, 2.24) is 14.6 Å². The first-order chi connectivity index (χ1) is 5.20. The third kappa shape index (κ3) is 0.707. The van der Waals surface area contributed by atoms with Crippen molar-refractivity contribution in [2.75, 3.05) is 0 Å². The molecule has 0 aliphatic carbocycles. The van der Waals surface area contributed by atoms with Crippen molar-refractivity contribution >= 4 is 5.65 Å². The Kier molecular flexibility index (Phi) is 1.10. The third-order valence-electron chi connectivity index (χ3n) is 2.12. The number of nitrogens with zero attached hydrogens (tertiary/aromatic N) is 2. The van der Waals surface area contributed by atoms with Crippen LogP contribution in [0.1, 0.15) is 17.0 Å². The molecule has 3 heteroatoms. The second-order valence-electron chi connectivity index (χ2n) is 2.92. The van der Waals surface area contributed by atoms with E-state index in [1.807, 2.05) is 17.6 Å². The van der Waals surface area contributed by atoms with Gasteiger partial charge in [0, 0.05) is 11.3 Å². The van der Waals surface area contributed by atoms with E-state index in [2.05, 4.69) is 23.9 Å². The van der Waals surface area contributed by atoms with Crippen LogP contribution < -0.4 is 0 Å². The first-order valence-electron chi connectivity index (χ1n) is 3.69. The van der Waals surface area contributed by atoms with E-state index in [4.69, 9.17) is 0 Å². The predicted octanol–water partition coefficient (Wildman–Crippen LogP) is 1.59. The molecule has 2 heterocycles. The average Bonchev–Trinajstić information content (AvgIpc) is 2.43. The van der Waals surface area contributed by atoms with Crippen LogP contribution in [0.3, 0.4) is 0 Å². The van der Waals surface area contributed by atoms with Crippen LogP contribution in [0.2, 0.25) is 0 Å². The van der Waals surface area contributed by atoms with Gasteiger partial charge in [-0.1, -0.05) is 0 Å². The molecule has 0 spiro atoms. The van der Waals surface area contributed by atoms with Gasteiger partial charge in [-0.2, -0.15) is 0 Å². The van der Waals surface area contributed by atoms with Crippen LogP contribution in [0, 0.1) is 20.8 Å². The predicted molar refractivity (Wildman–Crippen MR) is 43.8 cm³/mol. The lowest BCUT2D eigenvalue weighted by atomic mass is 10.3. The summed E-state index contributed by atoms with van der Waals surface area (Å²) in [5.74, 6) is 0. The first kappa shape index (κ1) is 6.46. The van der Waals surface area contributed by atoms with Crippen molar-refractivity contribution in [3.63, 3.8) is 0 Å². The molecule has 3 nitrogen and oxygen atoms in total. The van der Waals surface area contributed by atoms with E-state index >= 15 is 0 Å². The molecule has 0 fully saturated rings. The van der Waals surface area contributed by atoms with E-state index in [-0.39, 0.29) is 0 Å². The van der Waals surface area contributed by atoms with Gasteiger partial charge in [-0.05, 0) is 20.8 Å². The van der Waals surface area contributed by atoms with Gasteiger partial charge in [-0.3, -0.25) is 5.10 Å². The fraction of sp³-hybridized carbons (Fsp3) is 0.375. The Morgan fingerprint density at radius 3 is 2.73 bits per heavy atom. The molecule has 1 N–H and O–H groups in total. The lowest BCUT2D eigenvalue weighted by molar-refractivity contribution is 0.907. The highest BCUT2D eigenvalue weighted by Gasteiger charge is 2.05. The maximum atomic E-state index is 4.27. The van der Waals surface area contributed by atoms with Crippen LogP contribution in [-0.4, -0.2) is 14.6 Å². The number of H-pyrrole nitrogens is 1. The molecule has 0 saturated carbocycles. The Balaban J connectivity index is 2.93. The molecule has 0 aromatic carbocycles. The molecule has 0 atom stereocenters. The number of hydrogen-bond donors (Lipinski definition) is 1. The molecule has 0 bridgehead atoms. The Hall–Kier alpha value is -1.25. The number of aromatic nitrogens is 3. The number of nitrogens with one attached hydrogen (secondary N) is 1. The second-order valence-corrected chi connectivity index (χ2v) is 2.92. The molecule has 0 saturated heterocycles. The van der Waals surface area contributed by atoms with Gasteiger partial charge in [0.2, 0.25) is 0 Å². The number of fused-ring (bicyclic) bond motifs is 1. The van der Waals surface area contributed by atoms with Crippen molar-refractivity contribution < 1.29 is 0 Å². The van der Waals surface area contributed by atoms with Gasteiger partial charge in [-0.25, -0.2) is 9.50 Å². The fourth-order valence-corrected chi connectivity index (χ4v) is 1.26. The summed E-state index contributed by atoms with van der Waals surface area (Å²) in [6.45, 7) is 6.17. The number of aryl methyl sites for hydroxylation is 3. The number of aromatic amines is 1. The average molecular weight is 149 g/mol. The molecular formula is C8H11N3. The van der Waals surface area contributed by atoms with E-state index in [0.717, 1.165) is 11.3 Å². The van der Waals surface area contributed by atoms with Gasteiger partial charge >= 0.3 is 0 Å². The maximum absolute atomic E-state index is 4.27. The number of imidazole rings is 1. The van der Waals surface area contributed by atoms with Crippen molar-refractivity contribution in [3.8, 4) is 0 Å². The number of hydrogen-bond acceptors (Lipinski definition) is 1. The maximum Gasteiger partial charge on any atom is 0.156 e. The molecule has 0 aliphatic rings. The first-order valence-corrected chi connectivity index (χ1v) is 3.69. The topological polar surface area (TPSA) is 33.1 Å².